The predicted octanol–water partition coefficient (Wildman–Crippen LogP) is 3.21. The van der Waals surface area contributed by atoms with Gasteiger partial charge in [0.05, 0.1) is 5.01 Å². The summed E-state index contributed by atoms with van der Waals surface area (Å²) < 4.78 is 38.2. The van der Waals surface area contributed by atoms with Crippen molar-refractivity contribution in [3.63, 3.8) is 0 Å². The fourth-order valence-electron chi connectivity index (χ4n) is 1.62. The van der Waals surface area contributed by atoms with E-state index in [4.69, 9.17) is 0 Å². The lowest BCUT2D eigenvalue weighted by Gasteiger charge is -2.13. The molecular formula is C12H14F3N5S. The van der Waals surface area contributed by atoms with Gasteiger partial charge in [0.1, 0.15) is 11.6 Å². The molecule has 0 aliphatic heterocycles. The second-order valence-electron chi connectivity index (χ2n) is 4.36. The van der Waals surface area contributed by atoms with Gasteiger partial charge in [-0.05, 0) is 0 Å². The first-order valence-electron chi connectivity index (χ1n) is 6.17. The van der Waals surface area contributed by atoms with Gasteiger partial charge in [0.25, 0.3) is 0 Å². The van der Waals surface area contributed by atoms with E-state index in [1.807, 2.05) is 12.3 Å². The zero-order valence-corrected chi connectivity index (χ0v) is 12.2. The highest BCUT2D eigenvalue weighted by Crippen LogP contribution is 2.28. The van der Waals surface area contributed by atoms with Crippen LogP contribution in [-0.4, -0.2) is 28.5 Å². The van der Waals surface area contributed by atoms with E-state index in [0.29, 0.717) is 6.54 Å². The largest absolute Gasteiger partial charge is 0.451 e. The summed E-state index contributed by atoms with van der Waals surface area (Å²) in [6.45, 7) is 2.38. The topological polar surface area (TPSA) is 62.7 Å². The van der Waals surface area contributed by atoms with Crippen molar-refractivity contribution >= 4 is 23.0 Å². The van der Waals surface area contributed by atoms with Crippen LogP contribution in [0.1, 0.15) is 23.7 Å². The van der Waals surface area contributed by atoms with Crippen molar-refractivity contribution in [3.05, 3.63) is 28.5 Å². The van der Waals surface area contributed by atoms with Crippen LogP contribution < -0.4 is 10.6 Å². The Hall–Kier alpha value is -1.90. The number of alkyl halides is 3. The van der Waals surface area contributed by atoms with Crippen LogP contribution in [0.25, 0.3) is 0 Å². The Morgan fingerprint density at radius 3 is 2.57 bits per heavy atom. The standard InChI is InChI=1S/C12H14F3N5S/c1-7(10-17-3-4-21-10)6-18-9-5-8(16-2)19-11(20-9)12(13,14)15/h3-5,7H,6H2,1-2H3,(H2,16,18,19,20). The van der Waals surface area contributed by atoms with E-state index >= 15 is 0 Å². The molecule has 0 fully saturated rings. The van der Waals surface area contributed by atoms with Crippen LogP contribution in [0.4, 0.5) is 24.8 Å². The Morgan fingerprint density at radius 2 is 2.00 bits per heavy atom. The molecule has 0 aliphatic rings. The molecule has 5 nitrogen and oxygen atoms in total. The predicted molar refractivity (Wildman–Crippen MR) is 75.6 cm³/mol. The summed E-state index contributed by atoms with van der Waals surface area (Å²) in [6, 6.07) is 1.43. The van der Waals surface area contributed by atoms with E-state index in [1.54, 1.807) is 6.20 Å². The highest BCUT2D eigenvalue weighted by atomic mass is 32.1. The van der Waals surface area contributed by atoms with Crippen molar-refractivity contribution in [2.75, 3.05) is 24.2 Å². The van der Waals surface area contributed by atoms with Crippen LogP contribution in [0.15, 0.2) is 17.6 Å². The van der Waals surface area contributed by atoms with Crippen LogP contribution in [0.3, 0.4) is 0 Å². The maximum absolute atomic E-state index is 12.7. The van der Waals surface area contributed by atoms with Gasteiger partial charge in [-0.1, -0.05) is 6.92 Å². The number of rotatable bonds is 5. The Morgan fingerprint density at radius 1 is 1.29 bits per heavy atom. The maximum Gasteiger partial charge on any atom is 0.451 e. The zero-order valence-electron chi connectivity index (χ0n) is 11.4. The molecule has 0 bridgehead atoms. The minimum Gasteiger partial charge on any atom is -0.373 e. The Labute approximate surface area is 123 Å². The second-order valence-corrected chi connectivity index (χ2v) is 5.29. The Balaban J connectivity index is 2.12. The highest BCUT2D eigenvalue weighted by molar-refractivity contribution is 7.09. The number of anilines is 2. The Bertz CT molecular complexity index is 585. The molecule has 2 N–H and O–H groups in total. The van der Waals surface area contributed by atoms with Gasteiger partial charge in [0.2, 0.25) is 5.82 Å². The van der Waals surface area contributed by atoms with Crippen LogP contribution in [0.5, 0.6) is 0 Å². The lowest BCUT2D eigenvalue weighted by atomic mass is 10.2. The normalized spacial score (nSPS) is 13.0. The van der Waals surface area contributed by atoms with Gasteiger partial charge in [0.15, 0.2) is 0 Å². The zero-order chi connectivity index (χ0) is 15.5. The summed E-state index contributed by atoms with van der Waals surface area (Å²) in [5.41, 5.74) is 0. The third-order valence-corrected chi connectivity index (χ3v) is 3.71. The van der Waals surface area contributed by atoms with Crippen LogP contribution in [0.2, 0.25) is 0 Å². The number of nitrogens with zero attached hydrogens (tertiary/aromatic N) is 3. The first-order chi connectivity index (χ1) is 9.90. The van der Waals surface area contributed by atoms with E-state index in [1.165, 1.54) is 24.5 Å². The van der Waals surface area contributed by atoms with Gasteiger partial charge in [-0.3, -0.25) is 0 Å². The summed E-state index contributed by atoms with van der Waals surface area (Å²) >= 11 is 1.51. The van der Waals surface area contributed by atoms with Crippen molar-refractivity contribution in [1.29, 1.82) is 0 Å². The minimum absolute atomic E-state index is 0.0762. The third kappa shape index (κ3) is 4.03. The number of hydrogen-bond donors (Lipinski definition) is 2. The molecule has 114 valence electrons. The molecule has 0 radical (unpaired) electrons. The molecule has 21 heavy (non-hydrogen) atoms. The molecule has 0 amide bonds. The Kier molecular flexibility index (Phi) is 4.61. The summed E-state index contributed by atoms with van der Waals surface area (Å²) in [7, 11) is 1.50. The van der Waals surface area contributed by atoms with Crippen molar-refractivity contribution in [1.82, 2.24) is 15.0 Å². The molecule has 0 saturated heterocycles. The molecule has 2 rings (SSSR count). The molecule has 1 unspecified atom stereocenters. The lowest BCUT2D eigenvalue weighted by molar-refractivity contribution is -0.144. The van der Waals surface area contributed by atoms with Gasteiger partial charge in [-0.2, -0.15) is 13.2 Å². The lowest BCUT2D eigenvalue weighted by Crippen LogP contribution is -2.16. The summed E-state index contributed by atoms with van der Waals surface area (Å²) in [6.07, 6.45) is -2.88. The molecule has 0 saturated carbocycles. The smallest absolute Gasteiger partial charge is 0.373 e. The molecule has 2 aromatic heterocycles. The quantitative estimate of drug-likeness (QED) is 0.886. The monoisotopic (exact) mass is 317 g/mol. The van der Waals surface area contributed by atoms with Crippen LogP contribution in [0, 0.1) is 0 Å². The third-order valence-electron chi connectivity index (χ3n) is 2.70. The van der Waals surface area contributed by atoms with Gasteiger partial charge in [-0.25, -0.2) is 15.0 Å². The maximum atomic E-state index is 12.7. The fraction of sp³-hybridized carbons (Fsp3) is 0.417. The number of hydrogen-bond acceptors (Lipinski definition) is 6. The van der Waals surface area contributed by atoms with Gasteiger partial charge >= 0.3 is 6.18 Å². The SMILES string of the molecule is CNc1cc(NCC(C)c2nccs2)nc(C(F)(F)F)n1. The van der Waals surface area contributed by atoms with Crippen LogP contribution in [-0.2, 0) is 6.18 Å². The molecule has 1 atom stereocenters. The first kappa shape index (κ1) is 15.5. The summed E-state index contributed by atoms with van der Waals surface area (Å²) in [5, 5.41) is 8.27. The highest BCUT2D eigenvalue weighted by Gasteiger charge is 2.35. The van der Waals surface area contributed by atoms with E-state index in [0.717, 1.165) is 5.01 Å². The molecule has 0 aromatic carbocycles. The number of halogens is 3. The van der Waals surface area contributed by atoms with Crippen LogP contribution >= 0.6 is 11.3 Å². The van der Waals surface area contributed by atoms with E-state index in [9.17, 15) is 13.2 Å². The first-order valence-corrected chi connectivity index (χ1v) is 7.05. The number of thiazole rings is 1. The fourth-order valence-corrected chi connectivity index (χ4v) is 2.31. The van der Waals surface area contributed by atoms with Gasteiger partial charge < -0.3 is 10.6 Å². The van der Waals surface area contributed by atoms with Crippen molar-refractivity contribution < 1.29 is 13.2 Å². The van der Waals surface area contributed by atoms with E-state index < -0.39 is 12.0 Å². The van der Waals surface area contributed by atoms with Crippen molar-refractivity contribution in [2.45, 2.75) is 19.0 Å². The molecule has 0 aliphatic carbocycles. The van der Waals surface area contributed by atoms with E-state index in [-0.39, 0.29) is 17.6 Å². The number of nitrogens with one attached hydrogen (secondary N) is 2. The average molecular weight is 317 g/mol. The average Bonchev–Trinajstić information content (AvgIpc) is 2.97. The molecule has 2 aromatic rings. The van der Waals surface area contributed by atoms with Crippen molar-refractivity contribution in [3.8, 4) is 0 Å². The van der Waals surface area contributed by atoms with Gasteiger partial charge in [-0.15, -0.1) is 11.3 Å². The second kappa shape index (κ2) is 6.25. The molecular weight excluding hydrogens is 303 g/mol. The summed E-state index contributed by atoms with van der Waals surface area (Å²) in [4.78, 5) is 11.1. The van der Waals surface area contributed by atoms with Crippen molar-refractivity contribution in [2.24, 2.45) is 0 Å². The molecule has 2 heterocycles. The van der Waals surface area contributed by atoms with E-state index in [2.05, 4.69) is 25.6 Å². The number of aromatic nitrogens is 3. The molecule has 0 spiro atoms. The van der Waals surface area contributed by atoms with Gasteiger partial charge in [0, 0.05) is 37.2 Å². The minimum atomic E-state index is -4.58. The summed E-state index contributed by atoms with van der Waals surface area (Å²) in [5.74, 6) is -0.849. The molecule has 9 heteroatoms.